The second-order valence-corrected chi connectivity index (χ2v) is 5.19. The zero-order valence-electron chi connectivity index (χ0n) is 11.6. The molecule has 2 atom stereocenters. The molecule has 0 bridgehead atoms. The summed E-state index contributed by atoms with van der Waals surface area (Å²) in [5, 5.41) is 3.64. The predicted molar refractivity (Wildman–Crippen MR) is 76.1 cm³/mol. The van der Waals surface area contributed by atoms with Crippen LogP contribution >= 0.6 is 0 Å². The maximum atomic E-state index is 5.90. The molecule has 0 saturated carbocycles. The van der Waals surface area contributed by atoms with Crippen molar-refractivity contribution in [2.75, 3.05) is 13.2 Å². The number of hydrogen-bond donors (Lipinski definition) is 1. The molecule has 0 fully saturated rings. The SMILES string of the molecule is CCCCC(NCC)C1COc2ccccc2C1. The summed E-state index contributed by atoms with van der Waals surface area (Å²) in [6.45, 7) is 6.36. The van der Waals surface area contributed by atoms with Crippen molar-refractivity contribution in [3.05, 3.63) is 29.8 Å². The Balaban J connectivity index is 2.00. The third kappa shape index (κ3) is 3.26. The molecule has 2 nitrogen and oxygen atoms in total. The lowest BCUT2D eigenvalue weighted by Crippen LogP contribution is -2.41. The standard InChI is InChI=1S/C16H25NO/c1-3-5-9-15(17-4-2)14-11-13-8-6-7-10-16(13)18-12-14/h6-8,10,14-15,17H,3-5,9,11-12H2,1-2H3. The summed E-state index contributed by atoms with van der Waals surface area (Å²) in [5.41, 5.74) is 1.37. The lowest BCUT2D eigenvalue weighted by Gasteiger charge is -2.32. The summed E-state index contributed by atoms with van der Waals surface area (Å²) in [6, 6.07) is 9.05. The van der Waals surface area contributed by atoms with E-state index in [2.05, 4.69) is 43.4 Å². The first kappa shape index (κ1) is 13.4. The molecule has 100 valence electrons. The van der Waals surface area contributed by atoms with Gasteiger partial charge in [0.05, 0.1) is 6.61 Å². The highest BCUT2D eigenvalue weighted by Gasteiger charge is 2.26. The van der Waals surface area contributed by atoms with Crippen molar-refractivity contribution >= 4 is 0 Å². The van der Waals surface area contributed by atoms with E-state index in [1.54, 1.807) is 0 Å². The van der Waals surface area contributed by atoms with Crippen LogP contribution in [0.25, 0.3) is 0 Å². The number of rotatable bonds is 6. The number of para-hydroxylation sites is 1. The van der Waals surface area contributed by atoms with Crippen molar-refractivity contribution in [1.82, 2.24) is 5.32 Å². The monoisotopic (exact) mass is 247 g/mol. The lowest BCUT2D eigenvalue weighted by molar-refractivity contribution is 0.179. The quantitative estimate of drug-likeness (QED) is 0.832. The molecule has 1 N–H and O–H groups in total. The summed E-state index contributed by atoms with van der Waals surface area (Å²) in [5.74, 6) is 1.70. The summed E-state index contributed by atoms with van der Waals surface area (Å²) in [6.07, 6.45) is 4.99. The van der Waals surface area contributed by atoms with Crippen molar-refractivity contribution in [3.8, 4) is 5.75 Å². The van der Waals surface area contributed by atoms with Gasteiger partial charge in [-0.25, -0.2) is 0 Å². The number of unbranched alkanes of at least 4 members (excludes halogenated alkanes) is 1. The lowest BCUT2D eigenvalue weighted by atomic mass is 9.87. The van der Waals surface area contributed by atoms with Gasteiger partial charge in [0.15, 0.2) is 0 Å². The molecule has 0 aromatic heterocycles. The predicted octanol–water partition coefficient (Wildman–Crippen LogP) is 3.41. The van der Waals surface area contributed by atoms with Gasteiger partial charge < -0.3 is 10.1 Å². The van der Waals surface area contributed by atoms with E-state index in [-0.39, 0.29) is 0 Å². The van der Waals surface area contributed by atoms with Crippen LogP contribution in [0.15, 0.2) is 24.3 Å². The number of nitrogens with one attached hydrogen (secondary N) is 1. The highest BCUT2D eigenvalue weighted by atomic mass is 16.5. The molecular weight excluding hydrogens is 222 g/mol. The maximum absolute atomic E-state index is 5.90. The second-order valence-electron chi connectivity index (χ2n) is 5.19. The smallest absolute Gasteiger partial charge is 0.122 e. The van der Waals surface area contributed by atoms with E-state index >= 15 is 0 Å². The van der Waals surface area contributed by atoms with Gasteiger partial charge in [0.2, 0.25) is 0 Å². The zero-order valence-corrected chi connectivity index (χ0v) is 11.6. The first-order chi connectivity index (χ1) is 8.85. The van der Waals surface area contributed by atoms with Gasteiger partial charge in [0.25, 0.3) is 0 Å². The van der Waals surface area contributed by atoms with Crippen LogP contribution in [-0.2, 0) is 6.42 Å². The molecule has 2 heteroatoms. The van der Waals surface area contributed by atoms with E-state index in [1.165, 1.54) is 24.8 Å². The third-order valence-electron chi connectivity index (χ3n) is 3.81. The minimum absolute atomic E-state index is 0.600. The summed E-state index contributed by atoms with van der Waals surface area (Å²) in [4.78, 5) is 0. The Morgan fingerprint density at radius 2 is 2.17 bits per heavy atom. The maximum Gasteiger partial charge on any atom is 0.122 e. The average Bonchev–Trinajstić information content (AvgIpc) is 2.43. The van der Waals surface area contributed by atoms with Crippen LogP contribution in [0.2, 0.25) is 0 Å². The molecule has 0 aliphatic carbocycles. The van der Waals surface area contributed by atoms with E-state index in [0.29, 0.717) is 12.0 Å². The van der Waals surface area contributed by atoms with Gasteiger partial charge in [0, 0.05) is 12.0 Å². The molecule has 1 aliphatic heterocycles. The van der Waals surface area contributed by atoms with Gasteiger partial charge >= 0.3 is 0 Å². The van der Waals surface area contributed by atoms with Gasteiger partial charge in [-0.1, -0.05) is 44.9 Å². The van der Waals surface area contributed by atoms with E-state index in [1.807, 2.05) is 0 Å². The van der Waals surface area contributed by atoms with Gasteiger partial charge in [-0.05, 0) is 31.0 Å². The minimum Gasteiger partial charge on any atom is -0.493 e. The second kappa shape index (κ2) is 6.79. The van der Waals surface area contributed by atoms with Crippen molar-refractivity contribution in [3.63, 3.8) is 0 Å². The molecule has 0 amide bonds. The number of benzene rings is 1. The molecule has 1 aliphatic rings. The highest BCUT2D eigenvalue weighted by molar-refractivity contribution is 5.35. The van der Waals surface area contributed by atoms with Crippen LogP contribution in [0.5, 0.6) is 5.75 Å². The summed E-state index contributed by atoms with van der Waals surface area (Å²) in [7, 11) is 0. The molecule has 1 aromatic rings. The average molecular weight is 247 g/mol. The highest BCUT2D eigenvalue weighted by Crippen LogP contribution is 2.29. The first-order valence-electron chi connectivity index (χ1n) is 7.29. The Morgan fingerprint density at radius 1 is 1.33 bits per heavy atom. The largest absolute Gasteiger partial charge is 0.493 e. The molecule has 2 unspecified atom stereocenters. The summed E-state index contributed by atoms with van der Waals surface area (Å²) >= 11 is 0. The molecule has 0 saturated heterocycles. The fraction of sp³-hybridized carbons (Fsp3) is 0.625. The van der Waals surface area contributed by atoms with Crippen molar-refractivity contribution in [2.45, 2.75) is 45.6 Å². The van der Waals surface area contributed by atoms with Crippen LogP contribution in [-0.4, -0.2) is 19.2 Å². The van der Waals surface area contributed by atoms with Crippen LogP contribution in [0.3, 0.4) is 0 Å². The van der Waals surface area contributed by atoms with Gasteiger partial charge in [-0.3, -0.25) is 0 Å². The Bertz CT molecular complexity index is 364. The molecule has 0 spiro atoms. The fourth-order valence-electron chi connectivity index (χ4n) is 2.80. The summed E-state index contributed by atoms with van der Waals surface area (Å²) < 4.78 is 5.90. The third-order valence-corrected chi connectivity index (χ3v) is 3.81. The molecule has 2 rings (SSSR count). The van der Waals surface area contributed by atoms with Gasteiger partial charge in [-0.15, -0.1) is 0 Å². The fourth-order valence-corrected chi connectivity index (χ4v) is 2.80. The van der Waals surface area contributed by atoms with Gasteiger partial charge in [0.1, 0.15) is 5.75 Å². The number of ether oxygens (including phenoxy) is 1. The number of hydrogen-bond acceptors (Lipinski definition) is 2. The van der Waals surface area contributed by atoms with Crippen molar-refractivity contribution in [1.29, 1.82) is 0 Å². The Kier molecular flexibility index (Phi) is 5.06. The number of fused-ring (bicyclic) bond motifs is 1. The van der Waals surface area contributed by atoms with E-state index < -0.39 is 0 Å². The van der Waals surface area contributed by atoms with Crippen LogP contribution in [0.4, 0.5) is 0 Å². The van der Waals surface area contributed by atoms with Crippen molar-refractivity contribution < 1.29 is 4.74 Å². The van der Waals surface area contributed by atoms with E-state index in [4.69, 9.17) is 4.74 Å². The van der Waals surface area contributed by atoms with Crippen LogP contribution in [0, 0.1) is 5.92 Å². The molecule has 1 aromatic carbocycles. The van der Waals surface area contributed by atoms with Crippen molar-refractivity contribution in [2.24, 2.45) is 5.92 Å². The molecular formula is C16H25NO. The Morgan fingerprint density at radius 3 is 2.94 bits per heavy atom. The van der Waals surface area contributed by atoms with Crippen LogP contribution < -0.4 is 10.1 Å². The normalized spacial score (nSPS) is 20.0. The first-order valence-corrected chi connectivity index (χ1v) is 7.29. The molecule has 0 radical (unpaired) electrons. The molecule has 18 heavy (non-hydrogen) atoms. The van der Waals surface area contributed by atoms with Crippen LogP contribution in [0.1, 0.15) is 38.7 Å². The van der Waals surface area contributed by atoms with Gasteiger partial charge in [-0.2, -0.15) is 0 Å². The topological polar surface area (TPSA) is 21.3 Å². The minimum atomic E-state index is 0.600. The Hall–Kier alpha value is -1.02. The van der Waals surface area contributed by atoms with E-state index in [0.717, 1.165) is 25.3 Å². The molecule has 1 heterocycles. The Labute approximate surface area is 111 Å². The van der Waals surface area contributed by atoms with E-state index in [9.17, 15) is 0 Å². The zero-order chi connectivity index (χ0) is 12.8.